The van der Waals surface area contributed by atoms with E-state index < -0.39 is 10.0 Å². The van der Waals surface area contributed by atoms with Crippen molar-refractivity contribution in [2.75, 3.05) is 20.1 Å². The highest BCUT2D eigenvalue weighted by molar-refractivity contribution is 7.89. The molecule has 120 valence electrons. The van der Waals surface area contributed by atoms with Gasteiger partial charge in [0.1, 0.15) is 10.6 Å². The zero-order chi connectivity index (χ0) is 14.8. The summed E-state index contributed by atoms with van der Waals surface area (Å²) >= 11 is 0. The van der Waals surface area contributed by atoms with Crippen LogP contribution in [-0.2, 0) is 17.1 Å². The van der Waals surface area contributed by atoms with Gasteiger partial charge in [0.25, 0.3) is 5.91 Å². The van der Waals surface area contributed by atoms with E-state index in [4.69, 9.17) is 0 Å². The number of nitrogens with zero attached hydrogens (tertiary/aromatic N) is 1. The van der Waals surface area contributed by atoms with E-state index in [0.717, 1.165) is 25.9 Å². The van der Waals surface area contributed by atoms with Crippen molar-refractivity contribution < 1.29 is 13.2 Å². The first-order valence-electron chi connectivity index (χ1n) is 6.55. The van der Waals surface area contributed by atoms with Crippen LogP contribution in [0.15, 0.2) is 17.2 Å². The Morgan fingerprint density at radius 2 is 2.00 bits per heavy atom. The molecule has 1 aliphatic rings. The number of sulfonamides is 1. The predicted octanol–water partition coefficient (Wildman–Crippen LogP) is -0.163. The van der Waals surface area contributed by atoms with Crippen LogP contribution in [-0.4, -0.2) is 45.1 Å². The zero-order valence-corrected chi connectivity index (χ0v) is 13.7. The van der Waals surface area contributed by atoms with Gasteiger partial charge in [0.05, 0.1) is 0 Å². The molecule has 0 aromatic carbocycles. The number of piperidine rings is 1. The summed E-state index contributed by atoms with van der Waals surface area (Å²) < 4.78 is 28.8. The minimum Gasteiger partial charge on any atom is -0.354 e. The van der Waals surface area contributed by atoms with E-state index in [1.54, 1.807) is 7.05 Å². The Morgan fingerprint density at radius 1 is 1.38 bits per heavy atom. The number of aryl methyl sites for hydroxylation is 1. The maximum Gasteiger partial charge on any atom is 0.267 e. The molecule has 1 fully saturated rings. The van der Waals surface area contributed by atoms with Crippen molar-refractivity contribution in [1.29, 1.82) is 0 Å². The normalized spacial score (nSPS) is 16.3. The molecule has 1 amide bonds. The van der Waals surface area contributed by atoms with Gasteiger partial charge >= 0.3 is 0 Å². The quantitative estimate of drug-likeness (QED) is 0.712. The van der Waals surface area contributed by atoms with Crippen molar-refractivity contribution in [3.63, 3.8) is 0 Å². The van der Waals surface area contributed by atoms with Gasteiger partial charge in [0.15, 0.2) is 0 Å². The topological polar surface area (TPSA) is 92.2 Å². The summed E-state index contributed by atoms with van der Waals surface area (Å²) in [6.07, 6.45) is 3.00. The number of aromatic nitrogens is 1. The largest absolute Gasteiger partial charge is 0.354 e. The minimum absolute atomic E-state index is 0. The molecule has 2 rings (SSSR count). The van der Waals surface area contributed by atoms with Crippen LogP contribution in [0.4, 0.5) is 0 Å². The molecule has 0 atom stereocenters. The molecule has 3 N–H and O–H groups in total. The summed E-state index contributed by atoms with van der Waals surface area (Å²) in [7, 11) is -0.424. The van der Waals surface area contributed by atoms with Gasteiger partial charge in [-0.15, -0.1) is 12.4 Å². The number of nitrogens with one attached hydrogen (secondary N) is 3. The molecule has 0 radical (unpaired) electrons. The molecule has 0 unspecified atom stereocenters. The van der Waals surface area contributed by atoms with Gasteiger partial charge in [0.2, 0.25) is 10.0 Å². The molecule has 0 saturated carbocycles. The summed E-state index contributed by atoms with van der Waals surface area (Å²) in [6, 6.07) is 1.34. The third-order valence-corrected chi connectivity index (χ3v) is 4.90. The van der Waals surface area contributed by atoms with E-state index in [9.17, 15) is 13.2 Å². The monoisotopic (exact) mass is 336 g/mol. The average Bonchev–Trinajstić information content (AvgIpc) is 2.81. The molecule has 2 heterocycles. The van der Waals surface area contributed by atoms with Crippen LogP contribution in [0, 0.1) is 0 Å². The van der Waals surface area contributed by atoms with Crippen LogP contribution < -0.4 is 15.4 Å². The Morgan fingerprint density at radius 3 is 2.57 bits per heavy atom. The first-order valence-corrected chi connectivity index (χ1v) is 8.04. The summed E-state index contributed by atoms with van der Waals surface area (Å²) in [4.78, 5) is 11.7. The zero-order valence-electron chi connectivity index (χ0n) is 12.0. The number of carbonyl (C=O) groups excluding carboxylic acids is 1. The van der Waals surface area contributed by atoms with Crippen LogP contribution >= 0.6 is 12.4 Å². The molecule has 0 spiro atoms. The fourth-order valence-corrected chi connectivity index (χ4v) is 3.64. The second-order valence-electron chi connectivity index (χ2n) is 4.90. The summed E-state index contributed by atoms with van der Waals surface area (Å²) in [6.45, 7) is 1.62. The minimum atomic E-state index is -3.58. The van der Waals surface area contributed by atoms with Gasteiger partial charge < -0.3 is 15.2 Å². The van der Waals surface area contributed by atoms with Gasteiger partial charge in [-0.1, -0.05) is 0 Å². The third kappa shape index (κ3) is 4.19. The van der Waals surface area contributed by atoms with Gasteiger partial charge in [0, 0.05) is 26.3 Å². The van der Waals surface area contributed by atoms with Crippen molar-refractivity contribution in [2.45, 2.75) is 23.8 Å². The van der Waals surface area contributed by atoms with Crippen LogP contribution in [0.3, 0.4) is 0 Å². The van der Waals surface area contributed by atoms with Crippen LogP contribution in [0.1, 0.15) is 23.3 Å². The van der Waals surface area contributed by atoms with E-state index in [1.165, 1.54) is 23.9 Å². The highest BCUT2D eigenvalue weighted by Gasteiger charge is 2.24. The fourth-order valence-electron chi connectivity index (χ4n) is 2.26. The molecular formula is C12H21ClN4O3S. The first kappa shape index (κ1) is 18.0. The highest BCUT2D eigenvalue weighted by atomic mass is 35.5. The lowest BCUT2D eigenvalue weighted by Crippen LogP contribution is -2.42. The predicted molar refractivity (Wildman–Crippen MR) is 82.3 cm³/mol. The van der Waals surface area contributed by atoms with E-state index in [0.29, 0.717) is 5.69 Å². The maximum atomic E-state index is 12.3. The summed E-state index contributed by atoms with van der Waals surface area (Å²) in [5.41, 5.74) is 0.318. The smallest absolute Gasteiger partial charge is 0.267 e. The lowest BCUT2D eigenvalue weighted by atomic mass is 10.1. The number of hydrogen-bond donors (Lipinski definition) is 3. The molecule has 1 saturated heterocycles. The first-order chi connectivity index (χ1) is 9.44. The highest BCUT2D eigenvalue weighted by Crippen LogP contribution is 2.15. The lowest BCUT2D eigenvalue weighted by Gasteiger charge is -2.23. The molecular weight excluding hydrogens is 316 g/mol. The van der Waals surface area contributed by atoms with Crippen molar-refractivity contribution >= 4 is 28.3 Å². The molecule has 7 nitrogen and oxygen atoms in total. The molecule has 9 heteroatoms. The van der Waals surface area contributed by atoms with Gasteiger partial charge in [-0.2, -0.15) is 0 Å². The number of amides is 1. The van der Waals surface area contributed by atoms with Gasteiger partial charge in [-0.05, 0) is 32.0 Å². The summed E-state index contributed by atoms with van der Waals surface area (Å²) in [5, 5.41) is 5.67. The molecule has 0 aliphatic carbocycles. The second kappa shape index (κ2) is 7.26. The van der Waals surface area contributed by atoms with Crippen molar-refractivity contribution in [2.24, 2.45) is 7.05 Å². The lowest BCUT2D eigenvalue weighted by molar-refractivity contribution is 0.0955. The molecule has 1 aliphatic heterocycles. The van der Waals surface area contributed by atoms with Crippen molar-refractivity contribution in [1.82, 2.24) is 19.9 Å². The number of halogens is 1. The second-order valence-corrected chi connectivity index (χ2v) is 6.61. The van der Waals surface area contributed by atoms with Crippen molar-refractivity contribution in [3.8, 4) is 0 Å². The summed E-state index contributed by atoms with van der Waals surface area (Å²) in [5.74, 6) is -0.309. The number of hydrogen-bond acceptors (Lipinski definition) is 4. The SMILES string of the molecule is CNC(=O)c1cc(S(=O)(=O)NC2CCNCC2)cn1C.Cl. The number of rotatable bonds is 4. The fraction of sp³-hybridized carbons (Fsp3) is 0.583. The van der Waals surface area contributed by atoms with E-state index >= 15 is 0 Å². The average molecular weight is 337 g/mol. The standard InChI is InChI=1S/C12H20N4O3S.ClH/c1-13-12(17)11-7-10(8-16(11)2)20(18,19)15-9-3-5-14-6-4-9;/h7-9,14-15H,3-6H2,1-2H3,(H,13,17);1H. The number of carbonyl (C=O) groups is 1. The molecule has 0 bridgehead atoms. The molecule has 1 aromatic heterocycles. The third-order valence-electron chi connectivity index (χ3n) is 3.41. The van der Waals surface area contributed by atoms with E-state index in [-0.39, 0.29) is 29.3 Å². The van der Waals surface area contributed by atoms with Crippen LogP contribution in [0.25, 0.3) is 0 Å². The Balaban J connectivity index is 0.00000220. The Kier molecular flexibility index (Phi) is 6.21. The van der Waals surface area contributed by atoms with E-state index in [2.05, 4.69) is 15.4 Å². The van der Waals surface area contributed by atoms with Gasteiger partial charge in [-0.3, -0.25) is 4.79 Å². The van der Waals surface area contributed by atoms with E-state index in [1.807, 2.05) is 0 Å². The Hall–Kier alpha value is -1.09. The molecule has 1 aromatic rings. The van der Waals surface area contributed by atoms with Crippen LogP contribution in [0.2, 0.25) is 0 Å². The Bertz CT molecular complexity index is 594. The maximum absolute atomic E-state index is 12.3. The van der Waals surface area contributed by atoms with Crippen molar-refractivity contribution in [3.05, 3.63) is 18.0 Å². The van der Waals surface area contributed by atoms with Gasteiger partial charge in [-0.25, -0.2) is 13.1 Å². The Labute approximate surface area is 130 Å². The molecule has 21 heavy (non-hydrogen) atoms. The van der Waals surface area contributed by atoms with Crippen LogP contribution in [0.5, 0.6) is 0 Å².